The summed E-state index contributed by atoms with van der Waals surface area (Å²) in [5.41, 5.74) is 2.35. The van der Waals surface area contributed by atoms with Gasteiger partial charge in [0, 0.05) is 10.2 Å². The van der Waals surface area contributed by atoms with Crippen molar-refractivity contribution in [2.24, 2.45) is 0 Å². The number of amides is 1. The maximum Gasteiger partial charge on any atom is 0.338 e. The van der Waals surface area contributed by atoms with Gasteiger partial charge in [0.1, 0.15) is 18.2 Å². The molecule has 0 aliphatic carbocycles. The van der Waals surface area contributed by atoms with Crippen molar-refractivity contribution in [1.82, 2.24) is 0 Å². The van der Waals surface area contributed by atoms with Crippen LogP contribution >= 0.6 is 38.5 Å². The molecule has 0 unspecified atom stereocenters. The number of carbonyl (C=O) groups excluding carboxylic acids is 2. The number of nitrogens with zero attached hydrogens (tertiary/aromatic N) is 1. The zero-order chi connectivity index (χ0) is 26.8. The van der Waals surface area contributed by atoms with Gasteiger partial charge in [-0.05, 0) is 102 Å². The lowest BCUT2D eigenvalue weighted by molar-refractivity contribution is -0.112. The lowest BCUT2D eigenvalue weighted by atomic mass is 10.1. The third-order valence-electron chi connectivity index (χ3n) is 4.96. The number of nitrogens with one attached hydrogen (secondary N) is 1. The standard InChI is InChI=1S/C28H24BrIN2O5/c1-3-35-25-15-19(14-24(30)26(25)37-17-18-5-9-22(29)10-6-18)13-21(16-31)27(33)32-23-11-7-20(8-12-23)28(34)36-4-2/h5-15H,3-4,17H2,1-2H3,(H,32,33)/b21-13+. The van der Waals surface area contributed by atoms with Crippen LogP contribution < -0.4 is 14.8 Å². The lowest BCUT2D eigenvalue weighted by Crippen LogP contribution is -2.13. The van der Waals surface area contributed by atoms with E-state index in [1.165, 1.54) is 6.08 Å². The van der Waals surface area contributed by atoms with E-state index in [1.807, 2.05) is 43.3 Å². The Kier molecular flexibility index (Phi) is 10.5. The quantitative estimate of drug-likeness (QED) is 0.111. The average molecular weight is 675 g/mol. The van der Waals surface area contributed by atoms with Crippen molar-refractivity contribution >= 4 is 62.2 Å². The first-order valence-electron chi connectivity index (χ1n) is 11.4. The molecule has 0 saturated carbocycles. The lowest BCUT2D eigenvalue weighted by Gasteiger charge is -2.15. The van der Waals surface area contributed by atoms with Crippen LogP contribution in [-0.2, 0) is 16.1 Å². The van der Waals surface area contributed by atoms with Gasteiger partial charge in [-0.3, -0.25) is 4.79 Å². The van der Waals surface area contributed by atoms with Crippen molar-refractivity contribution in [3.05, 3.63) is 91.0 Å². The fourth-order valence-corrected chi connectivity index (χ4v) is 4.27. The fourth-order valence-electron chi connectivity index (χ4n) is 3.23. The summed E-state index contributed by atoms with van der Waals surface area (Å²) in [6.45, 7) is 4.65. The second-order valence-electron chi connectivity index (χ2n) is 7.60. The molecule has 190 valence electrons. The van der Waals surface area contributed by atoms with Crippen LogP contribution in [0.15, 0.2) is 70.7 Å². The number of hydrogen-bond donors (Lipinski definition) is 1. The predicted molar refractivity (Wildman–Crippen MR) is 153 cm³/mol. The van der Waals surface area contributed by atoms with E-state index < -0.39 is 11.9 Å². The van der Waals surface area contributed by atoms with Crippen LogP contribution in [0.25, 0.3) is 6.08 Å². The van der Waals surface area contributed by atoms with Gasteiger partial charge in [0.2, 0.25) is 0 Å². The first-order chi connectivity index (χ1) is 17.8. The van der Waals surface area contributed by atoms with E-state index in [-0.39, 0.29) is 12.2 Å². The summed E-state index contributed by atoms with van der Waals surface area (Å²) in [5.74, 6) is 0.0917. The minimum atomic E-state index is -0.574. The molecule has 3 rings (SSSR count). The van der Waals surface area contributed by atoms with E-state index in [4.69, 9.17) is 14.2 Å². The number of hydrogen-bond acceptors (Lipinski definition) is 6. The van der Waals surface area contributed by atoms with Crippen LogP contribution in [0.3, 0.4) is 0 Å². The Morgan fingerprint density at radius 3 is 2.35 bits per heavy atom. The number of nitriles is 1. The predicted octanol–water partition coefficient (Wildman–Crippen LogP) is 6.75. The second-order valence-corrected chi connectivity index (χ2v) is 9.68. The van der Waals surface area contributed by atoms with Gasteiger partial charge >= 0.3 is 5.97 Å². The SMILES string of the molecule is CCOC(=O)c1ccc(NC(=O)/C(C#N)=C/c2cc(I)c(OCc3ccc(Br)cc3)c(OCC)c2)cc1. The van der Waals surface area contributed by atoms with Gasteiger partial charge in [0.15, 0.2) is 11.5 Å². The summed E-state index contributed by atoms with van der Waals surface area (Å²) < 4.78 is 18.6. The second kappa shape index (κ2) is 13.8. The molecule has 0 aliphatic heterocycles. The topological polar surface area (TPSA) is 97.7 Å². The minimum absolute atomic E-state index is 0.0868. The van der Waals surface area contributed by atoms with Crippen molar-refractivity contribution in [3.8, 4) is 17.6 Å². The van der Waals surface area contributed by atoms with Crippen LogP contribution in [0, 0.1) is 14.9 Å². The largest absolute Gasteiger partial charge is 0.490 e. The van der Waals surface area contributed by atoms with Crippen LogP contribution in [0.4, 0.5) is 5.69 Å². The van der Waals surface area contributed by atoms with Crippen LogP contribution in [0.5, 0.6) is 11.5 Å². The molecule has 0 bridgehead atoms. The summed E-state index contributed by atoms with van der Waals surface area (Å²) in [6.07, 6.45) is 1.49. The number of benzene rings is 3. The molecule has 0 aromatic heterocycles. The summed E-state index contributed by atoms with van der Waals surface area (Å²) >= 11 is 5.57. The first-order valence-corrected chi connectivity index (χ1v) is 13.3. The van der Waals surface area contributed by atoms with Gasteiger partial charge < -0.3 is 19.5 Å². The Morgan fingerprint density at radius 1 is 1.03 bits per heavy atom. The van der Waals surface area contributed by atoms with Crippen molar-refractivity contribution in [1.29, 1.82) is 5.26 Å². The molecule has 0 radical (unpaired) electrons. The smallest absolute Gasteiger partial charge is 0.338 e. The van der Waals surface area contributed by atoms with Crippen LogP contribution in [0.2, 0.25) is 0 Å². The van der Waals surface area contributed by atoms with Crippen molar-refractivity contribution in [2.45, 2.75) is 20.5 Å². The highest BCUT2D eigenvalue weighted by molar-refractivity contribution is 14.1. The zero-order valence-corrected chi connectivity index (χ0v) is 24.0. The molecule has 3 aromatic rings. The number of carbonyl (C=O) groups is 2. The first kappa shape index (κ1) is 28.2. The van der Waals surface area contributed by atoms with E-state index in [2.05, 4.69) is 43.8 Å². The molecular weight excluding hydrogens is 651 g/mol. The Labute approximate surface area is 237 Å². The Bertz CT molecular complexity index is 1330. The maximum atomic E-state index is 12.8. The highest BCUT2D eigenvalue weighted by atomic mass is 127. The third-order valence-corrected chi connectivity index (χ3v) is 6.29. The molecule has 0 saturated heterocycles. The van der Waals surface area contributed by atoms with E-state index in [0.29, 0.717) is 41.5 Å². The zero-order valence-electron chi connectivity index (χ0n) is 20.2. The Balaban J connectivity index is 1.78. The summed E-state index contributed by atoms with van der Waals surface area (Å²) in [5, 5.41) is 12.3. The van der Waals surface area contributed by atoms with Gasteiger partial charge in [-0.1, -0.05) is 28.1 Å². The maximum absolute atomic E-state index is 12.8. The van der Waals surface area contributed by atoms with Crippen LogP contribution in [-0.4, -0.2) is 25.1 Å². The minimum Gasteiger partial charge on any atom is -0.490 e. The Morgan fingerprint density at radius 2 is 1.73 bits per heavy atom. The van der Waals surface area contributed by atoms with E-state index in [1.54, 1.807) is 37.3 Å². The summed E-state index contributed by atoms with van der Waals surface area (Å²) in [4.78, 5) is 24.6. The van der Waals surface area contributed by atoms with E-state index >= 15 is 0 Å². The normalized spacial score (nSPS) is 10.8. The number of halogens is 2. The molecule has 37 heavy (non-hydrogen) atoms. The van der Waals surface area contributed by atoms with Gasteiger partial charge in [0.25, 0.3) is 5.91 Å². The Hall–Kier alpha value is -3.36. The molecular formula is C28H24BrIN2O5. The summed E-state index contributed by atoms with van der Waals surface area (Å²) in [6, 6.07) is 19.6. The number of rotatable bonds is 10. The molecule has 0 spiro atoms. The van der Waals surface area contributed by atoms with Crippen LogP contribution in [0.1, 0.15) is 35.3 Å². The molecule has 0 atom stereocenters. The molecule has 0 heterocycles. The number of anilines is 1. The molecule has 0 aliphatic rings. The highest BCUT2D eigenvalue weighted by Crippen LogP contribution is 2.35. The average Bonchev–Trinajstić information content (AvgIpc) is 2.88. The fraction of sp³-hybridized carbons (Fsp3) is 0.179. The highest BCUT2D eigenvalue weighted by Gasteiger charge is 2.15. The molecule has 1 amide bonds. The number of ether oxygens (including phenoxy) is 3. The van der Waals surface area contributed by atoms with Gasteiger partial charge in [-0.2, -0.15) is 5.26 Å². The monoisotopic (exact) mass is 674 g/mol. The molecule has 9 heteroatoms. The van der Waals surface area contributed by atoms with Gasteiger partial charge in [-0.25, -0.2) is 4.79 Å². The van der Waals surface area contributed by atoms with E-state index in [0.717, 1.165) is 13.6 Å². The van der Waals surface area contributed by atoms with Crippen molar-refractivity contribution < 1.29 is 23.8 Å². The molecule has 0 fully saturated rings. The molecule has 7 nitrogen and oxygen atoms in total. The van der Waals surface area contributed by atoms with Crippen molar-refractivity contribution in [2.75, 3.05) is 18.5 Å². The van der Waals surface area contributed by atoms with Crippen molar-refractivity contribution in [3.63, 3.8) is 0 Å². The van der Waals surface area contributed by atoms with Gasteiger partial charge in [0.05, 0.1) is 22.3 Å². The third kappa shape index (κ3) is 8.06. The number of esters is 1. The molecule has 1 N–H and O–H groups in total. The summed E-state index contributed by atoms with van der Waals surface area (Å²) in [7, 11) is 0. The van der Waals surface area contributed by atoms with E-state index in [9.17, 15) is 14.9 Å². The van der Waals surface area contributed by atoms with Gasteiger partial charge in [-0.15, -0.1) is 0 Å². The molecule has 3 aromatic carbocycles.